The zero-order valence-electron chi connectivity index (χ0n) is 32.5. The first kappa shape index (κ1) is 39.1. The lowest BCUT2D eigenvalue weighted by molar-refractivity contribution is -0.145. The van der Waals surface area contributed by atoms with Gasteiger partial charge in [-0.1, -0.05) is 54.6 Å². The predicted octanol–water partition coefficient (Wildman–Crippen LogP) is 6.08. The van der Waals surface area contributed by atoms with E-state index < -0.39 is 59.1 Å². The van der Waals surface area contributed by atoms with Gasteiger partial charge in [0.05, 0.1) is 31.5 Å². The highest BCUT2D eigenvalue weighted by molar-refractivity contribution is 5.96. The number of allylic oxidation sites excluding steroid dienone is 1. The molecular formula is C44H48N4O9. The van der Waals surface area contributed by atoms with Crippen LogP contribution in [0, 0.1) is 5.92 Å². The highest BCUT2D eigenvalue weighted by atomic mass is 16.6. The Kier molecular flexibility index (Phi) is 11.1. The van der Waals surface area contributed by atoms with E-state index in [0.29, 0.717) is 58.9 Å². The molecule has 3 heterocycles. The van der Waals surface area contributed by atoms with Crippen molar-refractivity contribution >= 4 is 34.8 Å². The number of carbonyl (C=O) groups excluding carboxylic acids is 3. The van der Waals surface area contributed by atoms with Crippen LogP contribution in [-0.2, 0) is 25.5 Å². The van der Waals surface area contributed by atoms with Gasteiger partial charge in [-0.2, -0.15) is 0 Å². The van der Waals surface area contributed by atoms with E-state index in [1.165, 1.54) is 4.90 Å². The van der Waals surface area contributed by atoms with Crippen molar-refractivity contribution < 1.29 is 43.2 Å². The van der Waals surface area contributed by atoms with E-state index in [2.05, 4.69) is 10.6 Å². The number of hydrogen-bond donors (Lipinski definition) is 3. The van der Waals surface area contributed by atoms with Gasteiger partial charge in [-0.15, -0.1) is 0 Å². The molecule has 0 spiro atoms. The van der Waals surface area contributed by atoms with Gasteiger partial charge in [-0.25, -0.2) is 14.6 Å². The van der Waals surface area contributed by atoms with Gasteiger partial charge in [0, 0.05) is 41.8 Å². The second-order valence-electron chi connectivity index (χ2n) is 15.8. The fourth-order valence-electron chi connectivity index (χ4n) is 7.48. The number of fused-ring (bicyclic) bond motifs is 5. The molecule has 2 aliphatic heterocycles. The van der Waals surface area contributed by atoms with Gasteiger partial charge in [-0.3, -0.25) is 9.59 Å². The van der Waals surface area contributed by atoms with Crippen LogP contribution in [0.1, 0.15) is 52.0 Å². The van der Waals surface area contributed by atoms with Crippen LogP contribution < -0.4 is 24.8 Å². The summed E-state index contributed by atoms with van der Waals surface area (Å²) in [7, 11) is 1.58. The van der Waals surface area contributed by atoms with Gasteiger partial charge in [0.15, 0.2) is 0 Å². The smallest absolute Gasteiger partial charge is 0.408 e. The van der Waals surface area contributed by atoms with Crippen LogP contribution in [-0.4, -0.2) is 88.5 Å². The highest BCUT2D eigenvalue weighted by Gasteiger charge is 2.61. The van der Waals surface area contributed by atoms with E-state index in [0.717, 1.165) is 5.56 Å². The number of ether oxygens (including phenoxy) is 4. The lowest BCUT2D eigenvalue weighted by Gasteiger charge is -2.30. The fourth-order valence-corrected chi connectivity index (χ4v) is 7.48. The standard InChI is InChI=1S/C44H48N4O9/c1-43(2,3)57-42(53)46-36-21-27-12-11-16-31(20-27)55-19-10-6-9-15-29-25-44(29,41(51)52)47-39(49)37-23-32(26-48(37)40(36)50)56-38-24-34(28-13-7-5-8-14-28)45-35-22-30(54-4)17-18-33(35)38/h5,7-9,11-18,20,22,24,29,32,36-37H,6,10,19,21,23,25-26H2,1-4H3,(H,46,53)(H,47,49)(H,51,52)/b15-9-/t29?,32-,36-,37+,44+/m1/s1. The van der Waals surface area contributed by atoms with Crippen LogP contribution in [0.4, 0.5) is 4.79 Å². The first-order valence-corrected chi connectivity index (χ1v) is 19.3. The number of pyridine rings is 1. The molecule has 298 valence electrons. The van der Waals surface area contributed by atoms with Crippen molar-refractivity contribution in [2.24, 2.45) is 5.92 Å². The lowest BCUT2D eigenvalue weighted by Crippen LogP contribution is -2.57. The summed E-state index contributed by atoms with van der Waals surface area (Å²) in [4.78, 5) is 61.4. The van der Waals surface area contributed by atoms with E-state index in [-0.39, 0.29) is 25.8 Å². The molecule has 13 heteroatoms. The molecule has 4 aromatic rings. The van der Waals surface area contributed by atoms with Crippen molar-refractivity contribution in [3.63, 3.8) is 0 Å². The number of aliphatic carboxylic acids is 1. The molecule has 1 saturated carbocycles. The first-order valence-electron chi connectivity index (χ1n) is 19.3. The van der Waals surface area contributed by atoms with Crippen LogP contribution in [0.2, 0.25) is 0 Å². The van der Waals surface area contributed by atoms with Gasteiger partial charge < -0.3 is 39.6 Å². The van der Waals surface area contributed by atoms with Crippen molar-refractivity contribution in [1.29, 1.82) is 0 Å². The molecular weight excluding hydrogens is 729 g/mol. The third-order valence-electron chi connectivity index (χ3n) is 10.4. The van der Waals surface area contributed by atoms with Gasteiger partial charge in [0.1, 0.15) is 46.6 Å². The SMILES string of the molecule is COc1ccc2c(O[C@@H]3C[C@H]4C(=O)N[C@@]5(C(=O)O)CC5/C=C\CCCOc5cccc(c5)C[C@@H](NC(=O)OC(C)(C)C)C(=O)N4C3)cc(-c3ccccc3)nc2c1. The number of rotatable bonds is 6. The summed E-state index contributed by atoms with van der Waals surface area (Å²) < 4.78 is 23.8. The summed E-state index contributed by atoms with van der Waals surface area (Å²) in [6.45, 7) is 5.56. The molecule has 7 rings (SSSR count). The largest absolute Gasteiger partial charge is 0.497 e. The monoisotopic (exact) mass is 776 g/mol. The average Bonchev–Trinajstić information content (AvgIpc) is 3.72. The Hall–Kier alpha value is -6.11. The number of aromatic nitrogens is 1. The van der Waals surface area contributed by atoms with E-state index in [1.54, 1.807) is 33.9 Å². The summed E-state index contributed by atoms with van der Waals surface area (Å²) in [6, 6.07) is 22.0. The van der Waals surface area contributed by atoms with Crippen molar-refractivity contribution in [2.75, 3.05) is 20.3 Å². The summed E-state index contributed by atoms with van der Waals surface area (Å²) in [5.74, 6) is -1.03. The van der Waals surface area contributed by atoms with Crippen LogP contribution in [0.25, 0.3) is 22.2 Å². The molecule has 1 unspecified atom stereocenters. The molecule has 1 saturated heterocycles. The average molecular weight is 777 g/mol. The fraction of sp³-hybridized carbons (Fsp3) is 0.386. The Morgan fingerprint density at radius 2 is 1.84 bits per heavy atom. The van der Waals surface area contributed by atoms with Crippen LogP contribution in [0.5, 0.6) is 17.2 Å². The molecule has 3 N–H and O–H groups in total. The number of alkyl carbamates (subject to hydrolysis) is 1. The number of carboxylic acid groups (broad SMARTS) is 1. The minimum absolute atomic E-state index is 0.0311. The predicted molar refractivity (Wildman–Crippen MR) is 212 cm³/mol. The van der Waals surface area contributed by atoms with Crippen LogP contribution in [0.15, 0.2) is 91.0 Å². The summed E-state index contributed by atoms with van der Waals surface area (Å²) in [5, 5.41) is 16.6. The molecule has 3 aromatic carbocycles. The Labute approximate surface area is 331 Å². The number of carbonyl (C=O) groups is 4. The van der Waals surface area contributed by atoms with Crippen molar-refractivity contribution in [3.05, 3.63) is 96.6 Å². The van der Waals surface area contributed by atoms with Gasteiger partial charge >= 0.3 is 12.1 Å². The molecule has 0 radical (unpaired) electrons. The number of nitrogens with zero attached hydrogens (tertiary/aromatic N) is 2. The zero-order valence-corrected chi connectivity index (χ0v) is 32.5. The number of methoxy groups -OCH3 is 1. The molecule has 2 fully saturated rings. The van der Waals surface area contributed by atoms with Gasteiger partial charge in [0.2, 0.25) is 11.8 Å². The van der Waals surface area contributed by atoms with Crippen LogP contribution in [0.3, 0.4) is 0 Å². The Balaban J connectivity index is 1.26. The molecule has 1 aromatic heterocycles. The quantitative estimate of drug-likeness (QED) is 0.195. The number of hydrogen-bond acceptors (Lipinski definition) is 9. The van der Waals surface area contributed by atoms with E-state index >= 15 is 0 Å². The number of amides is 3. The Morgan fingerprint density at radius 1 is 1.04 bits per heavy atom. The second-order valence-corrected chi connectivity index (χ2v) is 15.8. The second kappa shape index (κ2) is 16.2. The van der Waals surface area contributed by atoms with Crippen LogP contribution >= 0.6 is 0 Å². The first-order chi connectivity index (χ1) is 27.3. The van der Waals surface area contributed by atoms with Crippen molar-refractivity contribution in [1.82, 2.24) is 20.5 Å². The third kappa shape index (κ3) is 8.98. The number of nitrogens with one attached hydrogen (secondary N) is 2. The van der Waals surface area contributed by atoms with E-state index in [4.69, 9.17) is 23.9 Å². The molecule has 3 aliphatic rings. The summed E-state index contributed by atoms with van der Waals surface area (Å²) in [6.07, 6.45) is 3.93. The minimum Gasteiger partial charge on any atom is -0.497 e. The normalized spacial score (nSPS) is 24.4. The van der Waals surface area contributed by atoms with Crippen molar-refractivity contribution in [3.8, 4) is 28.5 Å². The number of benzene rings is 3. The summed E-state index contributed by atoms with van der Waals surface area (Å²) >= 11 is 0. The molecule has 3 amide bonds. The zero-order chi connectivity index (χ0) is 40.3. The maximum Gasteiger partial charge on any atom is 0.408 e. The molecule has 5 atom stereocenters. The Bertz CT molecular complexity index is 2190. The number of carboxylic acids is 1. The minimum atomic E-state index is -1.51. The topological polar surface area (TPSA) is 166 Å². The Morgan fingerprint density at radius 3 is 2.60 bits per heavy atom. The maximum absolute atomic E-state index is 14.8. The highest BCUT2D eigenvalue weighted by Crippen LogP contribution is 2.45. The van der Waals surface area contributed by atoms with E-state index in [1.807, 2.05) is 84.9 Å². The molecule has 13 nitrogen and oxygen atoms in total. The van der Waals surface area contributed by atoms with Gasteiger partial charge in [0.25, 0.3) is 0 Å². The van der Waals surface area contributed by atoms with Gasteiger partial charge in [-0.05, 0) is 69.9 Å². The third-order valence-corrected chi connectivity index (χ3v) is 10.4. The van der Waals surface area contributed by atoms with E-state index in [9.17, 15) is 24.3 Å². The maximum atomic E-state index is 14.8. The molecule has 1 aliphatic carbocycles. The molecule has 57 heavy (non-hydrogen) atoms. The van der Waals surface area contributed by atoms with Crippen molar-refractivity contribution in [2.45, 2.75) is 82.2 Å². The lowest BCUT2D eigenvalue weighted by atomic mass is 10.0. The summed E-state index contributed by atoms with van der Waals surface area (Å²) in [5.41, 5.74) is 0.495. The molecule has 2 bridgehead atoms.